The fourth-order valence-corrected chi connectivity index (χ4v) is 4.08. The van der Waals surface area contributed by atoms with Gasteiger partial charge in [0.05, 0.1) is 22.8 Å². The molecule has 0 spiro atoms. The summed E-state index contributed by atoms with van der Waals surface area (Å²) in [6.45, 7) is 2.45. The average Bonchev–Trinajstić information content (AvgIpc) is 3.39. The highest BCUT2D eigenvalue weighted by atomic mass is 16.4. The lowest BCUT2D eigenvalue weighted by atomic mass is 10.1. The second-order valence-electron chi connectivity index (χ2n) is 7.60. The molecular weight excluding hydrogens is 366 g/mol. The van der Waals surface area contributed by atoms with Gasteiger partial charge in [-0.2, -0.15) is 5.10 Å². The molecule has 1 aliphatic rings. The summed E-state index contributed by atoms with van der Waals surface area (Å²) in [6, 6.07) is 12.7. The van der Waals surface area contributed by atoms with Crippen LogP contribution in [0, 0.1) is 0 Å². The van der Waals surface area contributed by atoms with Crippen molar-refractivity contribution in [2.24, 2.45) is 0 Å². The first-order valence-electron chi connectivity index (χ1n) is 10.2. The van der Waals surface area contributed by atoms with Crippen molar-refractivity contribution >= 4 is 22.8 Å². The molecule has 2 N–H and O–H groups in total. The molecule has 150 valence electrons. The van der Waals surface area contributed by atoms with E-state index in [1.54, 1.807) is 24.3 Å². The quantitative estimate of drug-likeness (QED) is 0.655. The summed E-state index contributed by atoms with van der Waals surface area (Å²) in [7, 11) is 0. The van der Waals surface area contributed by atoms with Crippen molar-refractivity contribution in [3.63, 3.8) is 0 Å². The molecule has 6 heteroatoms. The van der Waals surface area contributed by atoms with Crippen LogP contribution in [0.2, 0.25) is 0 Å². The standard InChI is InChI=1S/C23H25N3O3/c1-2-20-19-12-11-17(13-21(19)26(25-20)18-5-3-4-6-18)22(27)24-14-15-7-9-16(10-8-15)23(28)29/h7-13,18H,2-6,14H2,1H3,(H,24,27)(H,28,29). The third-order valence-electron chi connectivity index (χ3n) is 5.71. The molecule has 1 heterocycles. The monoisotopic (exact) mass is 391 g/mol. The van der Waals surface area contributed by atoms with E-state index in [0.29, 0.717) is 18.2 Å². The molecule has 0 saturated heterocycles. The number of rotatable bonds is 6. The number of nitrogens with one attached hydrogen (secondary N) is 1. The molecule has 1 saturated carbocycles. The molecule has 3 aromatic rings. The summed E-state index contributed by atoms with van der Waals surface area (Å²) in [6.07, 6.45) is 5.61. The van der Waals surface area contributed by atoms with E-state index in [2.05, 4.69) is 16.9 Å². The number of hydrogen-bond donors (Lipinski definition) is 2. The highest BCUT2D eigenvalue weighted by molar-refractivity contribution is 5.98. The van der Waals surface area contributed by atoms with Gasteiger partial charge in [-0.1, -0.05) is 38.0 Å². The Labute approximate surface area is 169 Å². The van der Waals surface area contributed by atoms with Gasteiger partial charge in [0.1, 0.15) is 0 Å². The number of carbonyl (C=O) groups excluding carboxylic acids is 1. The second-order valence-corrected chi connectivity index (χ2v) is 7.60. The summed E-state index contributed by atoms with van der Waals surface area (Å²) >= 11 is 0. The largest absolute Gasteiger partial charge is 0.478 e. The van der Waals surface area contributed by atoms with Crippen LogP contribution in [0.4, 0.5) is 0 Å². The molecule has 2 aromatic carbocycles. The lowest BCUT2D eigenvalue weighted by Crippen LogP contribution is -2.22. The maximum atomic E-state index is 12.7. The zero-order chi connectivity index (χ0) is 20.4. The van der Waals surface area contributed by atoms with Crippen LogP contribution in [0.15, 0.2) is 42.5 Å². The molecule has 1 amide bonds. The number of hydrogen-bond acceptors (Lipinski definition) is 3. The Bertz CT molecular complexity index is 1050. The average molecular weight is 391 g/mol. The number of nitrogens with zero attached hydrogens (tertiary/aromatic N) is 2. The van der Waals surface area contributed by atoms with Gasteiger partial charge in [-0.05, 0) is 49.1 Å². The van der Waals surface area contributed by atoms with Gasteiger partial charge in [0.25, 0.3) is 5.91 Å². The number of fused-ring (bicyclic) bond motifs is 1. The minimum Gasteiger partial charge on any atom is -0.478 e. The first kappa shape index (κ1) is 19.2. The molecule has 1 aromatic heterocycles. The van der Waals surface area contributed by atoms with E-state index in [0.717, 1.165) is 41.4 Å². The topological polar surface area (TPSA) is 84.2 Å². The van der Waals surface area contributed by atoms with Crippen molar-refractivity contribution in [2.45, 2.75) is 51.6 Å². The van der Waals surface area contributed by atoms with Crippen LogP contribution in [-0.2, 0) is 13.0 Å². The van der Waals surface area contributed by atoms with Gasteiger partial charge < -0.3 is 10.4 Å². The van der Waals surface area contributed by atoms with Crippen LogP contribution >= 0.6 is 0 Å². The molecule has 0 unspecified atom stereocenters. The normalized spacial score (nSPS) is 14.4. The van der Waals surface area contributed by atoms with Crippen LogP contribution in [0.5, 0.6) is 0 Å². The molecular formula is C23H25N3O3. The van der Waals surface area contributed by atoms with Gasteiger partial charge in [0.2, 0.25) is 0 Å². The molecule has 0 atom stereocenters. The minimum atomic E-state index is -0.959. The van der Waals surface area contributed by atoms with E-state index in [9.17, 15) is 9.59 Å². The first-order valence-corrected chi connectivity index (χ1v) is 10.2. The van der Waals surface area contributed by atoms with E-state index in [1.165, 1.54) is 12.8 Å². The van der Waals surface area contributed by atoms with Crippen LogP contribution < -0.4 is 5.32 Å². The van der Waals surface area contributed by atoms with Gasteiger partial charge in [-0.3, -0.25) is 9.48 Å². The van der Waals surface area contributed by atoms with E-state index in [-0.39, 0.29) is 11.5 Å². The third-order valence-corrected chi connectivity index (χ3v) is 5.71. The van der Waals surface area contributed by atoms with Gasteiger partial charge in [-0.25, -0.2) is 4.79 Å². The number of carboxylic acids is 1. The molecule has 6 nitrogen and oxygen atoms in total. The maximum Gasteiger partial charge on any atom is 0.335 e. The number of benzene rings is 2. The van der Waals surface area contributed by atoms with Crippen molar-refractivity contribution in [3.8, 4) is 0 Å². The smallest absolute Gasteiger partial charge is 0.335 e. The molecule has 1 aliphatic carbocycles. The minimum absolute atomic E-state index is 0.147. The number of aryl methyl sites for hydroxylation is 1. The Hall–Kier alpha value is -3.15. The lowest BCUT2D eigenvalue weighted by Gasteiger charge is -2.12. The van der Waals surface area contributed by atoms with Gasteiger partial charge in [-0.15, -0.1) is 0 Å². The summed E-state index contributed by atoms with van der Waals surface area (Å²) in [5, 5.41) is 17.9. The summed E-state index contributed by atoms with van der Waals surface area (Å²) in [4.78, 5) is 23.7. The summed E-state index contributed by atoms with van der Waals surface area (Å²) in [5.41, 5.74) is 3.82. The molecule has 0 bridgehead atoms. The first-order chi connectivity index (χ1) is 14.1. The zero-order valence-electron chi connectivity index (χ0n) is 16.5. The fraction of sp³-hybridized carbons (Fsp3) is 0.348. The number of aromatic carboxylic acids is 1. The Balaban J connectivity index is 1.54. The molecule has 29 heavy (non-hydrogen) atoms. The maximum absolute atomic E-state index is 12.7. The molecule has 1 fully saturated rings. The predicted octanol–water partition coefficient (Wildman–Crippen LogP) is 4.34. The number of carboxylic acid groups (broad SMARTS) is 1. The molecule has 0 aliphatic heterocycles. The van der Waals surface area contributed by atoms with E-state index < -0.39 is 5.97 Å². The second kappa shape index (κ2) is 8.07. The number of amides is 1. The Kier molecular flexibility index (Phi) is 5.34. The highest BCUT2D eigenvalue weighted by Crippen LogP contribution is 2.33. The highest BCUT2D eigenvalue weighted by Gasteiger charge is 2.22. The lowest BCUT2D eigenvalue weighted by molar-refractivity contribution is 0.0696. The van der Waals surface area contributed by atoms with Gasteiger partial charge >= 0.3 is 5.97 Å². The predicted molar refractivity (Wildman–Crippen MR) is 111 cm³/mol. The van der Waals surface area contributed by atoms with E-state index >= 15 is 0 Å². The summed E-state index contributed by atoms with van der Waals surface area (Å²) < 4.78 is 2.13. The Morgan fingerprint density at radius 2 is 1.79 bits per heavy atom. The Morgan fingerprint density at radius 1 is 1.10 bits per heavy atom. The summed E-state index contributed by atoms with van der Waals surface area (Å²) in [5.74, 6) is -1.11. The molecule has 4 rings (SSSR count). The van der Waals surface area contributed by atoms with Crippen LogP contribution in [-0.4, -0.2) is 26.8 Å². The number of aromatic nitrogens is 2. The van der Waals surface area contributed by atoms with Crippen LogP contribution in [0.3, 0.4) is 0 Å². The van der Waals surface area contributed by atoms with Crippen LogP contribution in [0.25, 0.3) is 10.9 Å². The van der Waals surface area contributed by atoms with Crippen molar-refractivity contribution in [1.82, 2.24) is 15.1 Å². The van der Waals surface area contributed by atoms with E-state index in [1.807, 2.05) is 18.2 Å². The SMILES string of the molecule is CCc1nn(C2CCCC2)c2cc(C(=O)NCc3ccc(C(=O)O)cc3)ccc12. The van der Waals surface area contributed by atoms with Crippen LogP contribution in [0.1, 0.15) is 70.6 Å². The fourth-order valence-electron chi connectivity index (χ4n) is 4.08. The zero-order valence-corrected chi connectivity index (χ0v) is 16.5. The van der Waals surface area contributed by atoms with Gasteiger partial charge in [0, 0.05) is 17.5 Å². The number of carbonyl (C=O) groups is 2. The Morgan fingerprint density at radius 3 is 2.45 bits per heavy atom. The van der Waals surface area contributed by atoms with Crippen molar-refractivity contribution in [3.05, 3.63) is 64.8 Å². The molecule has 0 radical (unpaired) electrons. The van der Waals surface area contributed by atoms with Gasteiger partial charge in [0.15, 0.2) is 0 Å². The third kappa shape index (κ3) is 3.88. The van der Waals surface area contributed by atoms with Crippen molar-refractivity contribution in [2.75, 3.05) is 0 Å². The van der Waals surface area contributed by atoms with Crippen molar-refractivity contribution < 1.29 is 14.7 Å². The van der Waals surface area contributed by atoms with Crippen molar-refractivity contribution in [1.29, 1.82) is 0 Å². The van der Waals surface area contributed by atoms with E-state index in [4.69, 9.17) is 10.2 Å².